The van der Waals surface area contributed by atoms with Gasteiger partial charge in [-0.1, -0.05) is 30.3 Å². The minimum Gasteiger partial charge on any atom is -0.379 e. The van der Waals surface area contributed by atoms with E-state index in [1.165, 1.54) is 5.56 Å². The maximum Gasteiger partial charge on any atom is 0.193 e. The molecule has 0 amide bonds. The van der Waals surface area contributed by atoms with Crippen LogP contribution in [0.5, 0.6) is 0 Å². The summed E-state index contributed by atoms with van der Waals surface area (Å²) >= 11 is 0. The number of hydrogen-bond donors (Lipinski definition) is 1. The smallest absolute Gasteiger partial charge is 0.193 e. The molecule has 2 aliphatic heterocycles. The first-order valence-corrected chi connectivity index (χ1v) is 11.1. The number of hydrogen-bond acceptors (Lipinski definition) is 4. The topological polar surface area (TPSA) is 49.3 Å². The Morgan fingerprint density at radius 2 is 1.97 bits per heavy atom. The van der Waals surface area contributed by atoms with Crippen molar-refractivity contribution in [3.05, 3.63) is 35.9 Å². The zero-order valence-electron chi connectivity index (χ0n) is 18.4. The Bertz CT molecular complexity index is 629. The third-order valence-electron chi connectivity index (χ3n) is 5.87. The van der Waals surface area contributed by atoms with Gasteiger partial charge in [0, 0.05) is 44.2 Å². The molecule has 1 atom stereocenters. The molecular formula is C23H38N4O2. The number of likely N-dealkylation sites (tertiary alicyclic amines) is 1. The summed E-state index contributed by atoms with van der Waals surface area (Å²) in [6.45, 7) is 15.6. The molecule has 0 saturated carbocycles. The van der Waals surface area contributed by atoms with Crippen LogP contribution >= 0.6 is 0 Å². The largest absolute Gasteiger partial charge is 0.379 e. The predicted molar refractivity (Wildman–Crippen MR) is 118 cm³/mol. The van der Waals surface area contributed by atoms with Crippen molar-refractivity contribution in [1.29, 1.82) is 0 Å². The Kier molecular flexibility index (Phi) is 8.33. The third kappa shape index (κ3) is 6.69. The number of benzene rings is 1. The van der Waals surface area contributed by atoms with Gasteiger partial charge in [0.05, 0.1) is 33.0 Å². The predicted octanol–water partition coefficient (Wildman–Crippen LogP) is 2.60. The van der Waals surface area contributed by atoms with E-state index in [1.807, 2.05) is 6.07 Å². The van der Waals surface area contributed by atoms with Gasteiger partial charge in [-0.25, -0.2) is 0 Å². The highest BCUT2D eigenvalue weighted by Crippen LogP contribution is 2.20. The van der Waals surface area contributed by atoms with Crippen LogP contribution in [0.4, 0.5) is 0 Å². The van der Waals surface area contributed by atoms with Crippen molar-refractivity contribution in [1.82, 2.24) is 15.1 Å². The molecule has 1 N–H and O–H groups in total. The number of aliphatic imine (C=N–C) groups is 1. The Hall–Kier alpha value is -1.63. The minimum absolute atomic E-state index is 0.0440. The number of rotatable bonds is 8. The fraction of sp³-hybridized carbons (Fsp3) is 0.696. The highest BCUT2D eigenvalue weighted by atomic mass is 16.5. The summed E-state index contributed by atoms with van der Waals surface area (Å²) in [7, 11) is 0. The van der Waals surface area contributed by atoms with Crippen LogP contribution in [-0.2, 0) is 16.1 Å². The zero-order valence-corrected chi connectivity index (χ0v) is 18.4. The highest BCUT2D eigenvalue weighted by Gasteiger charge is 2.29. The lowest BCUT2D eigenvalue weighted by Gasteiger charge is -2.40. The molecule has 29 heavy (non-hydrogen) atoms. The van der Waals surface area contributed by atoms with E-state index < -0.39 is 0 Å². The lowest BCUT2D eigenvalue weighted by atomic mass is 10.0. The van der Waals surface area contributed by atoms with E-state index in [1.54, 1.807) is 0 Å². The average Bonchev–Trinajstić information content (AvgIpc) is 3.21. The Balaban J connectivity index is 1.49. The first-order chi connectivity index (χ1) is 14.1. The summed E-state index contributed by atoms with van der Waals surface area (Å²) in [6, 6.07) is 10.4. The van der Waals surface area contributed by atoms with E-state index in [4.69, 9.17) is 14.5 Å². The van der Waals surface area contributed by atoms with E-state index in [9.17, 15) is 0 Å². The minimum atomic E-state index is 0.0440. The molecule has 6 nitrogen and oxygen atoms in total. The Morgan fingerprint density at radius 3 is 2.69 bits per heavy atom. The van der Waals surface area contributed by atoms with Crippen LogP contribution in [-0.4, -0.2) is 80.4 Å². The van der Waals surface area contributed by atoms with Gasteiger partial charge in [0.1, 0.15) is 0 Å². The molecule has 2 heterocycles. The van der Waals surface area contributed by atoms with Crippen LogP contribution in [0.25, 0.3) is 0 Å². The molecular weight excluding hydrogens is 364 g/mol. The first kappa shape index (κ1) is 22.1. The van der Waals surface area contributed by atoms with Gasteiger partial charge >= 0.3 is 0 Å². The summed E-state index contributed by atoms with van der Waals surface area (Å²) in [6.07, 6.45) is 1.16. The summed E-state index contributed by atoms with van der Waals surface area (Å²) < 4.78 is 11.5. The quantitative estimate of drug-likeness (QED) is 0.535. The van der Waals surface area contributed by atoms with Crippen molar-refractivity contribution in [2.24, 2.45) is 10.9 Å². The Morgan fingerprint density at radius 1 is 1.21 bits per heavy atom. The summed E-state index contributed by atoms with van der Waals surface area (Å²) in [4.78, 5) is 9.90. The van der Waals surface area contributed by atoms with E-state index in [-0.39, 0.29) is 5.54 Å². The molecule has 3 rings (SSSR count). The molecule has 2 aliphatic rings. The lowest BCUT2D eigenvalue weighted by Crippen LogP contribution is -2.52. The van der Waals surface area contributed by atoms with E-state index in [0.717, 1.165) is 71.5 Å². The fourth-order valence-electron chi connectivity index (χ4n) is 4.04. The van der Waals surface area contributed by atoms with Crippen molar-refractivity contribution < 1.29 is 9.47 Å². The number of morpholine rings is 1. The molecule has 0 aromatic heterocycles. The van der Waals surface area contributed by atoms with Crippen LogP contribution in [0.1, 0.15) is 32.8 Å². The Labute approximate surface area is 176 Å². The van der Waals surface area contributed by atoms with Crippen molar-refractivity contribution in [2.75, 3.05) is 59.1 Å². The fourth-order valence-corrected chi connectivity index (χ4v) is 4.04. The maximum absolute atomic E-state index is 5.98. The number of nitrogens with zero attached hydrogens (tertiary/aromatic N) is 3. The van der Waals surface area contributed by atoms with Crippen molar-refractivity contribution >= 4 is 5.96 Å². The van der Waals surface area contributed by atoms with Crippen LogP contribution < -0.4 is 5.32 Å². The zero-order chi connectivity index (χ0) is 20.5. The molecule has 0 aliphatic carbocycles. The normalized spacial score (nSPS) is 21.6. The van der Waals surface area contributed by atoms with Crippen molar-refractivity contribution in [3.63, 3.8) is 0 Å². The second-order valence-electron chi connectivity index (χ2n) is 8.68. The van der Waals surface area contributed by atoms with Crippen molar-refractivity contribution in [2.45, 2.75) is 39.3 Å². The lowest BCUT2D eigenvalue weighted by molar-refractivity contribution is -0.00688. The van der Waals surface area contributed by atoms with Crippen molar-refractivity contribution in [3.8, 4) is 0 Å². The molecule has 162 valence electrons. The van der Waals surface area contributed by atoms with Gasteiger partial charge in [-0.3, -0.25) is 9.89 Å². The molecule has 1 aromatic rings. The van der Waals surface area contributed by atoms with Gasteiger partial charge in [0.15, 0.2) is 5.96 Å². The number of ether oxygens (including phenoxy) is 2. The van der Waals surface area contributed by atoms with Crippen LogP contribution in [0.3, 0.4) is 0 Å². The van der Waals surface area contributed by atoms with Crippen LogP contribution in [0, 0.1) is 5.92 Å². The molecule has 2 saturated heterocycles. The van der Waals surface area contributed by atoms with E-state index >= 15 is 0 Å². The maximum atomic E-state index is 5.98. The average molecular weight is 403 g/mol. The van der Waals surface area contributed by atoms with Gasteiger partial charge in [0.2, 0.25) is 0 Å². The molecule has 0 bridgehead atoms. The number of guanidine groups is 1. The first-order valence-electron chi connectivity index (χ1n) is 11.1. The molecule has 1 unspecified atom stereocenters. The highest BCUT2D eigenvalue weighted by molar-refractivity contribution is 5.80. The standard InChI is InChI=1S/C23H38N4O2/c1-4-24-22(25-19-23(2,3)27-12-14-28-15-13-27)26-11-10-21(16-26)18-29-17-20-8-6-5-7-9-20/h5-9,21H,4,10-19H2,1-3H3,(H,24,25). The van der Waals surface area contributed by atoms with E-state index in [0.29, 0.717) is 12.5 Å². The van der Waals surface area contributed by atoms with Gasteiger partial charge in [-0.05, 0) is 32.8 Å². The van der Waals surface area contributed by atoms with Gasteiger partial charge in [0.25, 0.3) is 0 Å². The summed E-state index contributed by atoms with van der Waals surface area (Å²) in [5.74, 6) is 1.61. The van der Waals surface area contributed by atoms with Crippen LogP contribution in [0.15, 0.2) is 35.3 Å². The molecule has 0 radical (unpaired) electrons. The molecule has 1 aromatic carbocycles. The third-order valence-corrected chi connectivity index (χ3v) is 5.87. The second kappa shape index (κ2) is 11.0. The SMILES string of the molecule is CCNC(=NCC(C)(C)N1CCOCC1)N1CCC(COCc2ccccc2)C1. The van der Waals surface area contributed by atoms with E-state index in [2.05, 4.69) is 60.2 Å². The van der Waals surface area contributed by atoms with Gasteiger partial charge in [-0.2, -0.15) is 0 Å². The second-order valence-corrected chi connectivity index (χ2v) is 8.68. The van der Waals surface area contributed by atoms with Gasteiger partial charge in [-0.15, -0.1) is 0 Å². The number of nitrogens with one attached hydrogen (secondary N) is 1. The van der Waals surface area contributed by atoms with Crippen LogP contribution in [0.2, 0.25) is 0 Å². The monoisotopic (exact) mass is 402 g/mol. The van der Waals surface area contributed by atoms with Gasteiger partial charge < -0.3 is 19.7 Å². The summed E-state index contributed by atoms with van der Waals surface area (Å²) in [5, 5.41) is 3.49. The molecule has 0 spiro atoms. The molecule has 6 heteroatoms. The summed E-state index contributed by atoms with van der Waals surface area (Å²) in [5.41, 5.74) is 1.28. The molecule has 2 fully saturated rings.